The average molecular weight is 311 g/mol. The molecule has 0 saturated carbocycles. The van der Waals surface area contributed by atoms with Crippen LogP contribution in [-0.2, 0) is 13.5 Å². The van der Waals surface area contributed by atoms with Crippen molar-refractivity contribution in [2.75, 3.05) is 6.26 Å². The SMILES string of the molecule is CSc1ccccc1C(Cc1c(Cl)c(C)nn1C)NN. The number of halogens is 1. The second kappa shape index (κ2) is 6.63. The van der Waals surface area contributed by atoms with Gasteiger partial charge in [-0.15, -0.1) is 11.8 Å². The van der Waals surface area contributed by atoms with E-state index in [4.69, 9.17) is 17.4 Å². The average Bonchev–Trinajstić information content (AvgIpc) is 2.70. The third-order valence-electron chi connectivity index (χ3n) is 3.37. The third kappa shape index (κ3) is 3.01. The molecule has 0 radical (unpaired) electrons. The first kappa shape index (κ1) is 15.4. The smallest absolute Gasteiger partial charge is 0.0847 e. The van der Waals surface area contributed by atoms with Crippen molar-refractivity contribution in [3.63, 3.8) is 0 Å². The highest BCUT2D eigenvalue weighted by atomic mass is 35.5. The van der Waals surface area contributed by atoms with E-state index >= 15 is 0 Å². The highest BCUT2D eigenvalue weighted by molar-refractivity contribution is 7.98. The summed E-state index contributed by atoms with van der Waals surface area (Å²) < 4.78 is 1.82. The lowest BCUT2D eigenvalue weighted by atomic mass is 10.0. The van der Waals surface area contributed by atoms with Crippen LogP contribution in [0.25, 0.3) is 0 Å². The van der Waals surface area contributed by atoms with Crippen LogP contribution in [0, 0.1) is 6.92 Å². The lowest BCUT2D eigenvalue weighted by Crippen LogP contribution is -2.30. The van der Waals surface area contributed by atoms with Crippen LogP contribution in [0.3, 0.4) is 0 Å². The van der Waals surface area contributed by atoms with Crippen LogP contribution < -0.4 is 11.3 Å². The fourth-order valence-electron chi connectivity index (χ4n) is 2.31. The largest absolute Gasteiger partial charge is 0.271 e. The van der Waals surface area contributed by atoms with Crippen LogP contribution in [0.5, 0.6) is 0 Å². The van der Waals surface area contributed by atoms with Gasteiger partial charge in [-0.05, 0) is 24.8 Å². The fraction of sp³-hybridized carbons (Fsp3) is 0.357. The Morgan fingerprint density at radius 2 is 2.15 bits per heavy atom. The number of hydrogen-bond donors (Lipinski definition) is 2. The maximum atomic E-state index is 6.32. The molecule has 1 unspecified atom stereocenters. The van der Waals surface area contributed by atoms with Crippen LogP contribution in [0.15, 0.2) is 29.2 Å². The van der Waals surface area contributed by atoms with Crippen LogP contribution in [0.4, 0.5) is 0 Å². The van der Waals surface area contributed by atoms with Gasteiger partial charge in [-0.1, -0.05) is 29.8 Å². The number of hydrazine groups is 1. The molecular weight excluding hydrogens is 292 g/mol. The topological polar surface area (TPSA) is 55.9 Å². The molecule has 0 amide bonds. The van der Waals surface area contributed by atoms with E-state index in [0.717, 1.165) is 16.4 Å². The van der Waals surface area contributed by atoms with Crippen LogP contribution in [0.2, 0.25) is 5.02 Å². The van der Waals surface area contributed by atoms with Crippen molar-refractivity contribution in [1.29, 1.82) is 0 Å². The highest BCUT2D eigenvalue weighted by Gasteiger charge is 2.19. The quantitative estimate of drug-likeness (QED) is 0.506. The fourth-order valence-corrected chi connectivity index (χ4v) is 3.21. The van der Waals surface area contributed by atoms with Gasteiger partial charge in [0.25, 0.3) is 0 Å². The van der Waals surface area contributed by atoms with Crippen molar-refractivity contribution >= 4 is 23.4 Å². The van der Waals surface area contributed by atoms with Gasteiger partial charge in [-0.3, -0.25) is 16.0 Å². The molecule has 4 nitrogen and oxygen atoms in total. The van der Waals surface area contributed by atoms with E-state index in [-0.39, 0.29) is 6.04 Å². The summed E-state index contributed by atoms with van der Waals surface area (Å²) in [5.74, 6) is 5.75. The molecule has 3 N–H and O–H groups in total. The Kier molecular flexibility index (Phi) is 5.10. The summed E-state index contributed by atoms with van der Waals surface area (Å²) in [6.07, 6.45) is 2.76. The molecule has 0 aliphatic rings. The predicted octanol–water partition coefficient (Wildman–Crippen LogP) is 2.85. The monoisotopic (exact) mass is 310 g/mol. The van der Waals surface area contributed by atoms with E-state index in [1.54, 1.807) is 11.8 Å². The predicted molar refractivity (Wildman–Crippen MR) is 84.9 cm³/mol. The Labute approximate surface area is 128 Å². The Morgan fingerprint density at radius 1 is 1.45 bits per heavy atom. The van der Waals surface area contributed by atoms with Crippen molar-refractivity contribution in [2.45, 2.75) is 24.3 Å². The number of nitrogens with zero attached hydrogens (tertiary/aromatic N) is 2. The number of aryl methyl sites for hydroxylation is 2. The number of hydrogen-bond acceptors (Lipinski definition) is 4. The van der Waals surface area contributed by atoms with Gasteiger partial charge in [0.1, 0.15) is 0 Å². The molecule has 1 atom stereocenters. The molecule has 6 heteroatoms. The molecule has 0 saturated heterocycles. The first-order valence-corrected chi connectivity index (χ1v) is 7.95. The lowest BCUT2D eigenvalue weighted by molar-refractivity contribution is 0.523. The van der Waals surface area contributed by atoms with Gasteiger partial charge in [0.05, 0.1) is 22.5 Å². The minimum Gasteiger partial charge on any atom is -0.271 e. The Balaban J connectivity index is 2.34. The van der Waals surface area contributed by atoms with Gasteiger partial charge in [0.2, 0.25) is 0 Å². The van der Waals surface area contributed by atoms with E-state index < -0.39 is 0 Å². The van der Waals surface area contributed by atoms with Crippen LogP contribution in [-0.4, -0.2) is 16.0 Å². The summed E-state index contributed by atoms with van der Waals surface area (Å²) in [4.78, 5) is 1.21. The first-order valence-electron chi connectivity index (χ1n) is 6.35. The zero-order chi connectivity index (χ0) is 14.7. The molecule has 1 heterocycles. The summed E-state index contributed by atoms with van der Waals surface area (Å²) >= 11 is 8.03. The summed E-state index contributed by atoms with van der Waals surface area (Å²) in [6, 6.07) is 8.25. The maximum absolute atomic E-state index is 6.32. The van der Waals surface area contributed by atoms with Gasteiger partial charge in [-0.25, -0.2) is 0 Å². The van der Waals surface area contributed by atoms with Crippen molar-refractivity contribution in [2.24, 2.45) is 12.9 Å². The maximum Gasteiger partial charge on any atom is 0.0847 e. The highest BCUT2D eigenvalue weighted by Crippen LogP contribution is 2.30. The van der Waals surface area contributed by atoms with Gasteiger partial charge in [0.15, 0.2) is 0 Å². The molecule has 2 aromatic rings. The van der Waals surface area contributed by atoms with Crippen molar-refractivity contribution in [1.82, 2.24) is 15.2 Å². The molecule has 0 fully saturated rings. The number of thioether (sulfide) groups is 1. The minimum atomic E-state index is 0.00551. The number of rotatable bonds is 5. The molecule has 2 rings (SSSR count). The molecule has 0 aliphatic heterocycles. The van der Waals surface area contributed by atoms with E-state index in [0.29, 0.717) is 6.42 Å². The molecular formula is C14H19ClN4S. The van der Waals surface area contributed by atoms with Gasteiger partial charge in [0, 0.05) is 18.4 Å². The Morgan fingerprint density at radius 3 is 2.70 bits per heavy atom. The second-order valence-corrected chi connectivity index (χ2v) is 5.86. The van der Waals surface area contributed by atoms with E-state index in [2.05, 4.69) is 28.9 Å². The molecule has 1 aromatic heterocycles. The minimum absolute atomic E-state index is 0.00551. The third-order valence-corrected chi connectivity index (χ3v) is 4.68. The van der Waals surface area contributed by atoms with Gasteiger partial charge < -0.3 is 0 Å². The normalized spacial score (nSPS) is 12.7. The molecule has 20 heavy (non-hydrogen) atoms. The van der Waals surface area contributed by atoms with E-state index in [1.165, 1.54) is 10.5 Å². The van der Waals surface area contributed by atoms with Gasteiger partial charge >= 0.3 is 0 Å². The molecule has 0 spiro atoms. The zero-order valence-electron chi connectivity index (χ0n) is 11.9. The van der Waals surface area contributed by atoms with Crippen molar-refractivity contribution in [3.8, 4) is 0 Å². The lowest BCUT2D eigenvalue weighted by Gasteiger charge is -2.19. The molecule has 1 aromatic carbocycles. The van der Waals surface area contributed by atoms with E-state index in [1.807, 2.05) is 30.8 Å². The van der Waals surface area contributed by atoms with Crippen molar-refractivity contribution in [3.05, 3.63) is 46.2 Å². The number of nitrogens with one attached hydrogen (secondary N) is 1. The van der Waals surface area contributed by atoms with Crippen LogP contribution >= 0.6 is 23.4 Å². The Bertz CT molecular complexity index is 597. The molecule has 108 valence electrons. The summed E-state index contributed by atoms with van der Waals surface area (Å²) in [5, 5.41) is 5.06. The number of aromatic nitrogens is 2. The van der Waals surface area contributed by atoms with E-state index in [9.17, 15) is 0 Å². The molecule has 0 aliphatic carbocycles. The second-order valence-electron chi connectivity index (χ2n) is 4.64. The summed E-state index contributed by atoms with van der Waals surface area (Å²) in [7, 11) is 1.91. The first-order chi connectivity index (χ1) is 9.58. The van der Waals surface area contributed by atoms with Crippen LogP contribution in [0.1, 0.15) is 23.0 Å². The molecule has 0 bridgehead atoms. The van der Waals surface area contributed by atoms with Gasteiger partial charge in [-0.2, -0.15) is 5.10 Å². The number of nitrogens with two attached hydrogens (primary N) is 1. The zero-order valence-corrected chi connectivity index (χ0v) is 13.4. The Hall–Kier alpha value is -1.01. The summed E-state index contributed by atoms with van der Waals surface area (Å²) in [6.45, 7) is 1.91. The standard InChI is InChI=1S/C14H19ClN4S/c1-9-14(15)12(19(2)18-9)8-11(17-16)10-6-4-5-7-13(10)20-3/h4-7,11,17H,8,16H2,1-3H3. The van der Waals surface area contributed by atoms with Crippen molar-refractivity contribution < 1.29 is 0 Å². The summed E-state index contributed by atoms with van der Waals surface area (Å²) in [5.41, 5.74) is 5.90. The number of benzene rings is 1.